The zero-order valence-corrected chi connectivity index (χ0v) is 19.8. The van der Waals surface area contributed by atoms with Crippen molar-refractivity contribution in [3.63, 3.8) is 0 Å². The number of thioether (sulfide) groups is 1. The molecule has 34 heavy (non-hydrogen) atoms. The minimum Gasteiger partial charge on any atom is -0.497 e. The first kappa shape index (κ1) is 22.0. The van der Waals surface area contributed by atoms with Crippen LogP contribution in [0.3, 0.4) is 0 Å². The maximum absolute atomic E-state index is 5.77. The summed E-state index contributed by atoms with van der Waals surface area (Å²) >= 11 is 1.49. The van der Waals surface area contributed by atoms with Crippen LogP contribution in [-0.2, 0) is 5.75 Å². The van der Waals surface area contributed by atoms with E-state index >= 15 is 0 Å². The van der Waals surface area contributed by atoms with E-state index in [9.17, 15) is 0 Å². The molecule has 9 heteroatoms. The van der Waals surface area contributed by atoms with Gasteiger partial charge in [0.15, 0.2) is 16.7 Å². The second-order valence-corrected chi connectivity index (χ2v) is 8.79. The van der Waals surface area contributed by atoms with Crippen LogP contribution in [0.2, 0.25) is 0 Å². The molecule has 0 N–H and O–H groups in total. The Bertz CT molecular complexity index is 1370. The Morgan fingerprint density at radius 2 is 1.76 bits per heavy atom. The summed E-state index contributed by atoms with van der Waals surface area (Å²) in [6.45, 7) is 4.36. The number of aromatic nitrogens is 5. The molecular formula is C25H23N5O3S. The molecule has 0 atom stereocenters. The summed E-state index contributed by atoms with van der Waals surface area (Å²) in [5, 5.41) is 18.0. The number of nitrogens with zero attached hydrogens (tertiary/aromatic N) is 5. The van der Waals surface area contributed by atoms with Gasteiger partial charge in [-0.1, -0.05) is 43.8 Å². The van der Waals surface area contributed by atoms with Crippen LogP contribution in [0.5, 0.6) is 5.75 Å². The first-order valence-corrected chi connectivity index (χ1v) is 11.8. The molecule has 0 radical (unpaired) electrons. The first-order valence-electron chi connectivity index (χ1n) is 10.8. The van der Waals surface area contributed by atoms with Gasteiger partial charge in [0.1, 0.15) is 5.75 Å². The molecule has 3 aromatic heterocycles. The van der Waals surface area contributed by atoms with Crippen molar-refractivity contribution >= 4 is 11.8 Å². The van der Waals surface area contributed by atoms with Crippen LogP contribution in [-0.4, -0.2) is 32.1 Å². The number of benzene rings is 2. The molecule has 0 aliphatic carbocycles. The molecule has 5 aromatic rings. The third-order valence-corrected chi connectivity index (χ3v) is 6.22. The molecule has 5 rings (SSSR count). The molecule has 0 bridgehead atoms. The maximum Gasteiger partial charge on any atom is 0.283 e. The largest absolute Gasteiger partial charge is 0.497 e. The van der Waals surface area contributed by atoms with Crippen molar-refractivity contribution in [2.45, 2.75) is 30.7 Å². The van der Waals surface area contributed by atoms with Crippen LogP contribution in [0.25, 0.3) is 28.7 Å². The van der Waals surface area contributed by atoms with E-state index in [0.717, 1.165) is 28.0 Å². The van der Waals surface area contributed by atoms with E-state index in [1.54, 1.807) is 25.5 Å². The fourth-order valence-electron chi connectivity index (χ4n) is 3.63. The highest BCUT2D eigenvalue weighted by molar-refractivity contribution is 7.98. The number of rotatable bonds is 8. The van der Waals surface area contributed by atoms with E-state index in [2.05, 4.69) is 57.0 Å². The number of furan rings is 1. The molecule has 0 aliphatic heterocycles. The van der Waals surface area contributed by atoms with Gasteiger partial charge in [0, 0.05) is 5.56 Å². The lowest BCUT2D eigenvalue weighted by Gasteiger charge is -2.16. The number of hydrogen-bond acceptors (Lipinski definition) is 8. The minimum atomic E-state index is 0.326. The van der Waals surface area contributed by atoms with E-state index < -0.39 is 0 Å². The highest BCUT2D eigenvalue weighted by Gasteiger charge is 2.20. The summed E-state index contributed by atoms with van der Waals surface area (Å²) < 4.78 is 18.5. The van der Waals surface area contributed by atoms with Crippen molar-refractivity contribution in [1.82, 2.24) is 25.0 Å². The Kier molecular flexibility index (Phi) is 6.18. The summed E-state index contributed by atoms with van der Waals surface area (Å²) in [7, 11) is 1.65. The van der Waals surface area contributed by atoms with Crippen LogP contribution < -0.4 is 4.74 Å². The van der Waals surface area contributed by atoms with Crippen LogP contribution in [0.15, 0.2) is 80.9 Å². The average molecular weight is 474 g/mol. The lowest BCUT2D eigenvalue weighted by Crippen LogP contribution is -2.05. The second-order valence-electron chi connectivity index (χ2n) is 7.85. The van der Waals surface area contributed by atoms with E-state index in [4.69, 9.17) is 13.6 Å². The summed E-state index contributed by atoms with van der Waals surface area (Å²) in [6.07, 6.45) is 1.57. The topological polar surface area (TPSA) is 92.0 Å². The predicted molar refractivity (Wildman–Crippen MR) is 129 cm³/mol. The van der Waals surface area contributed by atoms with Gasteiger partial charge in [-0.2, -0.15) is 0 Å². The van der Waals surface area contributed by atoms with Gasteiger partial charge in [-0.05, 0) is 53.9 Å². The third kappa shape index (κ3) is 4.34. The Hall–Kier alpha value is -3.85. The molecular weight excluding hydrogens is 450 g/mol. The summed E-state index contributed by atoms with van der Waals surface area (Å²) in [6, 6.07) is 19.7. The summed E-state index contributed by atoms with van der Waals surface area (Å²) in [4.78, 5) is 0. The third-order valence-electron chi connectivity index (χ3n) is 5.30. The molecule has 0 unspecified atom stereocenters. The summed E-state index contributed by atoms with van der Waals surface area (Å²) in [5.41, 5.74) is 3.19. The fraction of sp³-hybridized carbons (Fsp3) is 0.200. The van der Waals surface area contributed by atoms with Gasteiger partial charge >= 0.3 is 0 Å². The van der Waals surface area contributed by atoms with E-state index in [0.29, 0.717) is 29.2 Å². The highest BCUT2D eigenvalue weighted by Crippen LogP contribution is 2.34. The van der Waals surface area contributed by atoms with Crippen LogP contribution in [0.1, 0.15) is 31.2 Å². The zero-order valence-electron chi connectivity index (χ0n) is 19.0. The normalized spacial score (nSPS) is 11.3. The van der Waals surface area contributed by atoms with Gasteiger partial charge in [0.05, 0.1) is 24.8 Å². The first-order chi connectivity index (χ1) is 16.6. The molecule has 2 aromatic carbocycles. The second kappa shape index (κ2) is 9.56. The smallest absolute Gasteiger partial charge is 0.283 e. The molecule has 0 spiro atoms. The minimum absolute atomic E-state index is 0.326. The van der Waals surface area contributed by atoms with E-state index in [1.807, 2.05) is 30.3 Å². The van der Waals surface area contributed by atoms with Crippen molar-refractivity contribution in [2.24, 2.45) is 0 Å². The van der Waals surface area contributed by atoms with Crippen LogP contribution >= 0.6 is 11.8 Å². The fourth-order valence-corrected chi connectivity index (χ4v) is 4.41. The van der Waals surface area contributed by atoms with Gasteiger partial charge in [-0.3, -0.25) is 4.57 Å². The van der Waals surface area contributed by atoms with Gasteiger partial charge in [-0.25, -0.2) is 0 Å². The molecule has 0 saturated heterocycles. The Morgan fingerprint density at radius 1 is 0.941 bits per heavy atom. The predicted octanol–water partition coefficient (Wildman–Crippen LogP) is 6.00. The molecule has 8 nitrogen and oxygen atoms in total. The number of para-hydroxylation sites is 1. The number of methoxy groups -OCH3 is 1. The average Bonchev–Trinajstić information content (AvgIpc) is 3.63. The zero-order chi connectivity index (χ0) is 23.5. The number of hydrogen-bond donors (Lipinski definition) is 0. The van der Waals surface area contributed by atoms with Gasteiger partial charge in [0.25, 0.3) is 5.89 Å². The Morgan fingerprint density at radius 3 is 2.50 bits per heavy atom. The Labute approximate surface area is 201 Å². The lowest BCUT2D eigenvalue weighted by molar-refractivity contribution is 0.415. The SMILES string of the molecule is COc1ccc(-c2nnc(SCc3nnc(-c4ccco4)o3)n2-c2ccccc2C(C)C)cc1. The summed E-state index contributed by atoms with van der Waals surface area (Å²) in [5.74, 6) is 3.68. The van der Waals surface area contributed by atoms with Crippen molar-refractivity contribution in [2.75, 3.05) is 7.11 Å². The van der Waals surface area contributed by atoms with Gasteiger partial charge < -0.3 is 13.6 Å². The van der Waals surface area contributed by atoms with E-state index in [1.165, 1.54) is 17.3 Å². The van der Waals surface area contributed by atoms with Crippen LogP contribution in [0.4, 0.5) is 0 Å². The molecule has 0 aliphatic rings. The van der Waals surface area contributed by atoms with Gasteiger partial charge in [-0.15, -0.1) is 20.4 Å². The molecule has 0 amide bonds. The van der Waals surface area contributed by atoms with Crippen LogP contribution in [0, 0.1) is 0 Å². The number of ether oxygens (including phenoxy) is 1. The standard InChI is InChI=1S/C25H23N5O3S/c1-16(2)19-7-4-5-8-20(19)30-23(17-10-12-18(31-3)13-11-17)27-29-25(30)34-15-22-26-28-24(33-22)21-9-6-14-32-21/h4-14,16H,15H2,1-3H3. The van der Waals surface area contributed by atoms with E-state index in [-0.39, 0.29) is 0 Å². The quantitative estimate of drug-likeness (QED) is 0.253. The highest BCUT2D eigenvalue weighted by atomic mass is 32.2. The molecule has 3 heterocycles. The maximum atomic E-state index is 5.77. The van der Waals surface area contributed by atoms with Crippen molar-refractivity contribution < 1.29 is 13.6 Å². The van der Waals surface area contributed by atoms with Crippen molar-refractivity contribution in [1.29, 1.82) is 0 Å². The molecule has 0 fully saturated rings. The van der Waals surface area contributed by atoms with Gasteiger partial charge in [0.2, 0.25) is 5.89 Å². The molecule has 172 valence electrons. The van der Waals surface area contributed by atoms with Crippen molar-refractivity contribution in [3.8, 4) is 34.5 Å². The Balaban J connectivity index is 1.51. The monoisotopic (exact) mass is 473 g/mol. The molecule has 0 saturated carbocycles. The lowest BCUT2D eigenvalue weighted by atomic mass is 10.0. The van der Waals surface area contributed by atoms with Crippen molar-refractivity contribution in [3.05, 3.63) is 78.4 Å².